The lowest BCUT2D eigenvalue weighted by molar-refractivity contribution is 0.474. The van der Waals surface area contributed by atoms with Gasteiger partial charge in [-0.15, -0.1) is 0 Å². The highest BCUT2D eigenvalue weighted by Crippen LogP contribution is 2.18. The molecular weight excluding hydrogens is 228 g/mol. The highest BCUT2D eigenvalue weighted by molar-refractivity contribution is 8.06. The number of rotatable bonds is 3. The molecule has 0 aromatic heterocycles. The summed E-state index contributed by atoms with van der Waals surface area (Å²) in [5, 5.41) is 4.80. The van der Waals surface area contributed by atoms with Crippen molar-refractivity contribution in [2.24, 2.45) is 5.14 Å². The van der Waals surface area contributed by atoms with E-state index in [9.17, 15) is 16.8 Å². The van der Waals surface area contributed by atoms with Crippen LogP contribution in [0, 0.1) is 0 Å². The Kier molecular flexibility index (Phi) is 3.20. The van der Waals surface area contributed by atoms with Gasteiger partial charge in [0.05, 0.1) is 0 Å². The van der Waals surface area contributed by atoms with E-state index in [1.165, 1.54) is 4.31 Å². The second-order valence-electron chi connectivity index (χ2n) is 3.31. The molecule has 0 radical (unpaired) electrons. The maximum Gasteiger partial charge on any atom is 0.232 e. The van der Waals surface area contributed by atoms with E-state index in [-0.39, 0.29) is 0 Å². The summed E-state index contributed by atoms with van der Waals surface area (Å²) in [6.07, 6.45) is 1.55. The van der Waals surface area contributed by atoms with Crippen molar-refractivity contribution in [3.63, 3.8) is 0 Å². The van der Waals surface area contributed by atoms with Crippen LogP contribution in [0.25, 0.3) is 0 Å². The molecular formula is C6H14N2O4S2. The molecule has 0 amide bonds. The van der Waals surface area contributed by atoms with Crippen molar-refractivity contribution in [1.82, 2.24) is 4.31 Å². The van der Waals surface area contributed by atoms with Crippen LogP contribution in [0.5, 0.6) is 0 Å². The van der Waals surface area contributed by atoms with Gasteiger partial charge in [-0.3, -0.25) is 0 Å². The SMILES string of the molecule is CC(S(N)(=O)=O)S(=O)(=O)N1CCCC1. The molecule has 0 saturated carbocycles. The Hall–Kier alpha value is -0.180. The Morgan fingerprint density at radius 1 is 1.14 bits per heavy atom. The first-order valence-corrected chi connectivity index (χ1v) is 7.38. The molecule has 0 aromatic rings. The van der Waals surface area contributed by atoms with Gasteiger partial charge in [0.2, 0.25) is 20.0 Å². The summed E-state index contributed by atoms with van der Waals surface area (Å²) in [5.74, 6) is 0. The van der Waals surface area contributed by atoms with E-state index >= 15 is 0 Å². The summed E-state index contributed by atoms with van der Waals surface area (Å²) in [4.78, 5) is 0. The molecule has 0 spiro atoms. The number of sulfonamides is 2. The van der Waals surface area contributed by atoms with Gasteiger partial charge in [-0.1, -0.05) is 0 Å². The van der Waals surface area contributed by atoms with Crippen LogP contribution in [0.3, 0.4) is 0 Å². The zero-order chi connectivity index (χ0) is 11.0. The molecule has 2 N–H and O–H groups in total. The monoisotopic (exact) mass is 242 g/mol. The molecule has 1 fully saturated rings. The lowest BCUT2D eigenvalue weighted by Gasteiger charge is -2.19. The predicted molar refractivity (Wildman–Crippen MR) is 52.3 cm³/mol. The summed E-state index contributed by atoms with van der Waals surface area (Å²) < 4.78 is 44.7. The number of hydrogen-bond acceptors (Lipinski definition) is 4. The minimum Gasteiger partial charge on any atom is -0.228 e. The van der Waals surface area contributed by atoms with E-state index in [1.54, 1.807) is 0 Å². The summed E-state index contributed by atoms with van der Waals surface area (Å²) in [7, 11) is -7.80. The summed E-state index contributed by atoms with van der Waals surface area (Å²) in [5.41, 5.74) is 0. The Morgan fingerprint density at radius 2 is 1.57 bits per heavy atom. The molecule has 1 rings (SSSR count). The quantitative estimate of drug-likeness (QED) is 0.689. The van der Waals surface area contributed by atoms with Gasteiger partial charge >= 0.3 is 0 Å². The standard InChI is InChI=1S/C6H14N2O4S2/c1-6(13(7,9)10)14(11,12)8-4-2-3-5-8/h6H,2-5H2,1H3,(H2,7,9,10). The van der Waals surface area contributed by atoms with Gasteiger partial charge in [0, 0.05) is 13.1 Å². The first-order chi connectivity index (χ1) is 6.26. The van der Waals surface area contributed by atoms with Gasteiger partial charge in [-0.2, -0.15) is 0 Å². The number of primary sulfonamides is 1. The Bertz CT molecular complexity index is 394. The molecule has 0 aromatic carbocycles. The molecule has 14 heavy (non-hydrogen) atoms. The molecule has 6 nitrogen and oxygen atoms in total. The minimum absolute atomic E-state index is 0.391. The van der Waals surface area contributed by atoms with Crippen LogP contribution in [0.15, 0.2) is 0 Å². The molecule has 0 bridgehead atoms. The summed E-state index contributed by atoms with van der Waals surface area (Å²) in [6, 6.07) is 0. The van der Waals surface area contributed by atoms with Crippen LogP contribution in [-0.2, 0) is 20.0 Å². The molecule has 1 heterocycles. The zero-order valence-electron chi connectivity index (χ0n) is 7.88. The Balaban J connectivity index is 2.96. The molecule has 0 aliphatic carbocycles. The maximum atomic E-state index is 11.6. The van der Waals surface area contributed by atoms with Crippen molar-refractivity contribution < 1.29 is 16.8 Å². The van der Waals surface area contributed by atoms with Crippen molar-refractivity contribution in [3.8, 4) is 0 Å². The van der Waals surface area contributed by atoms with Gasteiger partial charge in [-0.25, -0.2) is 26.3 Å². The van der Waals surface area contributed by atoms with E-state index in [4.69, 9.17) is 5.14 Å². The third kappa shape index (κ3) is 2.25. The lowest BCUT2D eigenvalue weighted by Crippen LogP contribution is -2.42. The number of nitrogens with two attached hydrogens (primary N) is 1. The van der Waals surface area contributed by atoms with Crippen molar-refractivity contribution in [2.45, 2.75) is 24.3 Å². The molecule has 84 valence electrons. The maximum absolute atomic E-state index is 11.6. The van der Waals surface area contributed by atoms with Crippen LogP contribution in [-0.4, -0.2) is 38.8 Å². The van der Waals surface area contributed by atoms with Crippen LogP contribution in [0.1, 0.15) is 19.8 Å². The third-order valence-corrected chi connectivity index (χ3v) is 6.69. The smallest absolute Gasteiger partial charge is 0.228 e. The third-order valence-electron chi connectivity index (χ3n) is 2.31. The largest absolute Gasteiger partial charge is 0.232 e. The normalized spacial score (nSPS) is 22.4. The lowest BCUT2D eigenvalue weighted by atomic mass is 10.4. The van der Waals surface area contributed by atoms with Crippen molar-refractivity contribution in [2.75, 3.05) is 13.1 Å². The van der Waals surface area contributed by atoms with E-state index in [0.717, 1.165) is 19.8 Å². The van der Waals surface area contributed by atoms with Gasteiger partial charge in [0.25, 0.3) is 0 Å². The molecule has 1 saturated heterocycles. The van der Waals surface area contributed by atoms with Gasteiger partial charge < -0.3 is 0 Å². The van der Waals surface area contributed by atoms with Gasteiger partial charge in [0.1, 0.15) is 0 Å². The molecule has 1 aliphatic rings. The fourth-order valence-corrected chi connectivity index (χ4v) is 4.23. The molecule has 1 unspecified atom stereocenters. The fourth-order valence-electron chi connectivity index (χ4n) is 1.32. The van der Waals surface area contributed by atoms with E-state index < -0.39 is 24.6 Å². The average Bonchev–Trinajstić information content (AvgIpc) is 2.53. The highest BCUT2D eigenvalue weighted by atomic mass is 32.3. The average molecular weight is 242 g/mol. The van der Waals surface area contributed by atoms with Crippen LogP contribution in [0.4, 0.5) is 0 Å². The van der Waals surface area contributed by atoms with E-state index in [0.29, 0.717) is 13.1 Å². The van der Waals surface area contributed by atoms with Crippen LogP contribution >= 0.6 is 0 Å². The summed E-state index contributed by atoms with van der Waals surface area (Å²) in [6.45, 7) is 1.88. The highest BCUT2D eigenvalue weighted by Gasteiger charge is 2.37. The second kappa shape index (κ2) is 3.76. The van der Waals surface area contributed by atoms with E-state index in [2.05, 4.69) is 0 Å². The second-order valence-corrected chi connectivity index (χ2v) is 7.74. The van der Waals surface area contributed by atoms with Crippen molar-refractivity contribution >= 4 is 20.0 Å². The predicted octanol–water partition coefficient (Wildman–Crippen LogP) is -0.953. The molecule has 1 aliphatic heterocycles. The van der Waals surface area contributed by atoms with Crippen LogP contribution < -0.4 is 5.14 Å². The summed E-state index contributed by atoms with van der Waals surface area (Å²) >= 11 is 0. The first-order valence-electron chi connectivity index (χ1n) is 4.27. The van der Waals surface area contributed by atoms with Crippen LogP contribution in [0.2, 0.25) is 0 Å². The van der Waals surface area contributed by atoms with Gasteiger partial charge in [0.15, 0.2) is 4.58 Å². The minimum atomic E-state index is -4.03. The number of hydrogen-bond donors (Lipinski definition) is 1. The number of nitrogens with zero attached hydrogens (tertiary/aromatic N) is 1. The van der Waals surface area contributed by atoms with Crippen molar-refractivity contribution in [3.05, 3.63) is 0 Å². The first kappa shape index (κ1) is 11.9. The van der Waals surface area contributed by atoms with Crippen molar-refractivity contribution in [1.29, 1.82) is 0 Å². The Morgan fingerprint density at radius 3 is 1.93 bits per heavy atom. The zero-order valence-corrected chi connectivity index (χ0v) is 9.51. The Labute approximate surface area is 84.2 Å². The fraction of sp³-hybridized carbons (Fsp3) is 1.00. The topological polar surface area (TPSA) is 97.5 Å². The van der Waals surface area contributed by atoms with Gasteiger partial charge in [-0.05, 0) is 19.8 Å². The molecule has 1 atom stereocenters. The molecule has 8 heteroatoms. The van der Waals surface area contributed by atoms with E-state index in [1.807, 2.05) is 0 Å².